The first-order valence-corrected chi connectivity index (χ1v) is 6.84. The number of halogens is 3. The Bertz CT molecular complexity index is 391. The van der Waals surface area contributed by atoms with Crippen LogP contribution in [-0.2, 0) is 6.18 Å². The van der Waals surface area contributed by atoms with Gasteiger partial charge in [0, 0.05) is 0 Å². The lowest BCUT2D eigenvalue weighted by molar-refractivity contribution is -0.137. The van der Waals surface area contributed by atoms with Gasteiger partial charge in [0.1, 0.15) is 0 Å². The Labute approximate surface area is 112 Å². The van der Waals surface area contributed by atoms with Crippen LogP contribution in [0.4, 0.5) is 13.2 Å². The van der Waals surface area contributed by atoms with Crippen LogP contribution in [0.5, 0.6) is 0 Å². The average Bonchev–Trinajstić information content (AvgIpc) is 2.39. The van der Waals surface area contributed by atoms with Gasteiger partial charge in [0.15, 0.2) is 0 Å². The Kier molecular flexibility index (Phi) is 4.50. The van der Waals surface area contributed by atoms with Crippen LogP contribution < -0.4 is 5.32 Å². The van der Waals surface area contributed by atoms with E-state index in [9.17, 15) is 13.2 Å². The average molecular weight is 271 g/mol. The van der Waals surface area contributed by atoms with Gasteiger partial charge in [0.25, 0.3) is 0 Å². The first-order chi connectivity index (χ1) is 8.97. The minimum Gasteiger partial charge on any atom is -0.316 e. The SMILES string of the molecule is CC(CC1CCCNC1)c1ccc(C(F)(F)F)cc1. The van der Waals surface area contributed by atoms with Crippen molar-refractivity contribution in [2.45, 2.75) is 38.3 Å². The normalized spacial score (nSPS) is 22.2. The zero-order valence-electron chi connectivity index (χ0n) is 11.1. The predicted octanol–water partition coefficient (Wildman–Crippen LogP) is 4.20. The lowest BCUT2D eigenvalue weighted by atomic mass is 9.86. The summed E-state index contributed by atoms with van der Waals surface area (Å²) in [6, 6.07) is 5.60. The van der Waals surface area contributed by atoms with Crippen LogP contribution >= 0.6 is 0 Å². The Morgan fingerprint density at radius 3 is 2.47 bits per heavy atom. The van der Waals surface area contributed by atoms with Crippen LogP contribution in [0.1, 0.15) is 43.2 Å². The summed E-state index contributed by atoms with van der Waals surface area (Å²) in [4.78, 5) is 0. The maximum absolute atomic E-state index is 12.5. The summed E-state index contributed by atoms with van der Waals surface area (Å²) < 4.78 is 37.5. The maximum atomic E-state index is 12.5. The molecule has 2 rings (SSSR count). The number of hydrogen-bond acceptors (Lipinski definition) is 1. The van der Waals surface area contributed by atoms with Gasteiger partial charge in [0.05, 0.1) is 5.56 Å². The van der Waals surface area contributed by atoms with Gasteiger partial charge in [-0.15, -0.1) is 0 Å². The van der Waals surface area contributed by atoms with E-state index in [1.807, 2.05) is 0 Å². The molecule has 4 heteroatoms. The van der Waals surface area contributed by atoms with E-state index in [1.165, 1.54) is 25.0 Å². The van der Waals surface area contributed by atoms with Crippen LogP contribution in [0.25, 0.3) is 0 Å². The van der Waals surface area contributed by atoms with Crippen LogP contribution in [0.3, 0.4) is 0 Å². The molecule has 1 aliphatic rings. The fourth-order valence-corrected chi connectivity index (χ4v) is 2.76. The molecular formula is C15H20F3N. The molecule has 0 aromatic heterocycles. The van der Waals surface area contributed by atoms with Crippen LogP contribution in [0, 0.1) is 5.92 Å². The summed E-state index contributed by atoms with van der Waals surface area (Å²) in [6.45, 7) is 4.22. The lowest BCUT2D eigenvalue weighted by Crippen LogP contribution is -2.30. The van der Waals surface area contributed by atoms with Gasteiger partial charge in [-0.05, 0) is 61.9 Å². The maximum Gasteiger partial charge on any atom is 0.416 e. The van der Waals surface area contributed by atoms with E-state index in [-0.39, 0.29) is 0 Å². The largest absolute Gasteiger partial charge is 0.416 e. The molecule has 106 valence electrons. The number of rotatable bonds is 3. The molecule has 1 aromatic rings. The molecule has 0 saturated carbocycles. The predicted molar refractivity (Wildman–Crippen MR) is 70.1 cm³/mol. The third kappa shape index (κ3) is 3.96. The molecule has 1 fully saturated rings. The standard InChI is InChI=1S/C15H20F3N/c1-11(9-12-3-2-8-19-10-12)13-4-6-14(7-5-13)15(16,17)18/h4-7,11-12,19H,2-3,8-10H2,1H3. The van der Waals surface area contributed by atoms with E-state index in [2.05, 4.69) is 12.2 Å². The molecule has 1 N–H and O–H groups in total. The molecule has 0 bridgehead atoms. The molecular weight excluding hydrogens is 251 g/mol. The highest BCUT2D eigenvalue weighted by atomic mass is 19.4. The van der Waals surface area contributed by atoms with Crippen LogP contribution in [0.15, 0.2) is 24.3 Å². The quantitative estimate of drug-likeness (QED) is 0.868. The molecule has 2 atom stereocenters. The van der Waals surface area contributed by atoms with Gasteiger partial charge in [0.2, 0.25) is 0 Å². The highest BCUT2D eigenvalue weighted by molar-refractivity contribution is 5.26. The monoisotopic (exact) mass is 271 g/mol. The number of benzene rings is 1. The molecule has 0 radical (unpaired) electrons. The fourth-order valence-electron chi connectivity index (χ4n) is 2.76. The Morgan fingerprint density at radius 2 is 1.95 bits per heavy atom. The second kappa shape index (κ2) is 5.95. The van der Waals surface area contributed by atoms with Crippen molar-refractivity contribution in [2.75, 3.05) is 13.1 Å². The molecule has 1 aromatic carbocycles. The number of piperidine rings is 1. The molecule has 2 unspecified atom stereocenters. The Balaban J connectivity index is 1.97. The minimum absolute atomic E-state index is 0.312. The molecule has 1 nitrogen and oxygen atoms in total. The summed E-state index contributed by atoms with van der Waals surface area (Å²) in [5.41, 5.74) is 0.432. The van der Waals surface area contributed by atoms with Crippen LogP contribution in [-0.4, -0.2) is 13.1 Å². The molecule has 19 heavy (non-hydrogen) atoms. The summed E-state index contributed by atoms with van der Waals surface area (Å²) >= 11 is 0. The van der Waals surface area contributed by atoms with Crippen molar-refractivity contribution in [3.05, 3.63) is 35.4 Å². The molecule has 0 aliphatic carbocycles. The highest BCUT2D eigenvalue weighted by Gasteiger charge is 2.30. The molecule has 1 heterocycles. The van der Waals surface area contributed by atoms with E-state index in [0.29, 0.717) is 11.8 Å². The zero-order chi connectivity index (χ0) is 13.9. The van der Waals surface area contributed by atoms with Gasteiger partial charge in [-0.25, -0.2) is 0 Å². The molecule has 1 saturated heterocycles. The molecule has 0 amide bonds. The lowest BCUT2D eigenvalue weighted by Gasteiger charge is -2.25. The third-order valence-corrected chi connectivity index (χ3v) is 3.89. The van der Waals surface area contributed by atoms with Crippen molar-refractivity contribution < 1.29 is 13.2 Å². The van der Waals surface area contributed by atoms with E-state index >= 15 is 0 Å². The van der Waals surface area contributed by atoms with Crippen molar-refractivity contribution in [1.82, 2.24) is 5.32 Å². The van der Waals surface area contributed by atoms with Gasteiger partial charge >= 0.3 is 6.18 Å². The van der Waals surface area contributed by atoms with Crippen molar-refractivity contribution in [3.8, 4) is 0 Å². The van der Waals surface area contributed by atoms with Gasteiger partial charge < -0.3 is 5.32 Å². The van der Waals surface area contributed by atoms with Crippen molar-refractivity contribution in [1.29, 1.82) is 0 Å². The summed E-state index contributed by atoms with van der Waals surface area (Å²) in [6.07, 6.45) is -0.782. The first-order valence-electron chi connectivity index (χ1n) is 6.84. The van der Waals surface area contributed by atoms with Crippen LogP contribution in [0.2, 0.25) is 0 Å². The van der Waals surface area contributed by atoms with Gasteiger partial charge in [-0.2, -0.15) is 13.2 Å². The van der Waals surface area contributed by atoms with E-state index in [4.69, 9.17) is 0 Å². The Morgan fingerprint density at radius 1 is 1.26 bits per heavy atom. The van der Waals surface area contributed by atoms with Gasteiger partial charge in [-0.3, -0.25) is 0 Å². The van der Waals surface area contributed by atoms with E-state index in [1.54, 1.807) is 12.1 Å². The number of alkyl halides is 3. The third-order valence-electron chi connectivity index (χ3n) is 3.89. The van der Waals surface area contributed by atoms with Gasteiger partial charge in [-0.1, -0.05) is 19.1 Å². The number of hydrogen-bond donors (Lipinski definition) is 1. The van der Waals surface area contributed by atoms with Crippen molar-refractivity contribution >= 4 is 0 Å². The Hall–Kier alpha value is -1.03. The van der Waals surface area contributed by atoms with Crippen molar-refractivity contribution in [3.63, 3.8) is 0 Å². The molecule has 0 spiro atoms. The summed E-state index contributed by atoms with van der Waals surface area (Å²) in [7, 11) is 0. The van der Waals surface area contributed by atoms with E-state index < -0.39 is 11.7 Å². The summed E-state index contributed by atoms with van der Waals surface area (Å²) in [5.74, 6) is 0.957. The number of nitrogens with one attached hydrogen (secondary N) is 1. The van der Waals surface area contributed by atoms with E-state index in [0.717, 1.165) is 25.1 Å². The second-order valence-electron chi connectivity index (χ2n) is 5.47. The van der Waals surface area contributed by atoms with Crippen molar-refractivity contribution in [2.24, 2.45) is 5.92 Å². The summed E-state index contributed by atoms with van der Waals surface area (Å²) in [5, 5.41) is 3.37. The minimum atomic E-state index is -4.24. The zero-order valence-corrected chi connectivity index (χ0v) is 11.1. The first kappa shape index (κ1) is 14.4. The molecule has 1 aliphatic heterocycles. The topological polar surface area (TPSA) is 12.0 Å². The smallest absolute Gasteiger partial charge is 0.316 e. The fraction of sp³-hybridized carbons (Fsp3) is 0.600. The second-order valence-corrected chi connectivity index (χ2v) is 5.47. The highest BCUT2D eigenvalue weighted by Crippen LogP contribution is 2.32.